The van der Waals surface area contributed by atoms with Crippen molar-refractivity contribution in [1.82, 2.24) is 4.98 Å². The summed E-state index contributed by atoms with van der Waals surface area (Å²) in [5.74, 6) is -2.01. The van der Waals surface area contributed by atoms with Crippen LogP contribution < -0.4 is 10.1 Å². The van der Waals surface area contributed by atoms with Gasteiger partial charge in [-0.1, -0.05) is 24.3 Å². The zero-order valence-electron chi connectivity index (χ0n) is 15.3. The summed E-state index contributed by atoms with van der Waals surface area (Å²) in [6, 6.07) is 11.6. The smallest absolute Gasteiger partial charge is 0.387 e. The summed E-state index contributed by atoms with van der Waals surface area (Å²) < 4.78 is 47.3. The number of nitrogens with one attached hydrogen (secondary N) is 1. The monoisotopic (exact) mass is 436 g/mol. The van der Waals surface area contributed by atoms with Gasteiger partial charge >= 0.3 is 12.6 Å². The molecule has 30 heavy (non-hydrogen) atoms. The van der Waals surface area contributed by atoms with Gasteiger partial charge in [0.1, 0.15) is 16.6 Å². The third kappa shape index (κ3) is 6.05. The van der Waals surface area contributed by atoms with E-state index in [2.05, 4.69) is 15.0 Å². The van der Waals surface area contributed by atoms with Gasteiger partial charge in [-0.15, -0.1) is 11.3 Å². The summed E-state index contributed by atoms with van der Waals surface area (Å²) in [6.45, 7) is -3.65. The summed E-state index contributed by atoms with van der Waals surface area (Å²) in [7, 11) is 0. The molecule has 0 saturated heterocycles. The second-order valence-corrected chi connectivity index (χ2v) is 6.77. The highest BCUT2D eigenvalue weighted by Crippen LogP contribution is 2.26. The zero-order valence-corrected chi connectivity index (χ0v) is 16.1. The Morgan fingerprint density at radius 3 is 2.70 bits per heavy atom. The highest BCUT2D eigenvalue weighted by atomic mass is 32.1. The molecule has 0 spiro atoms. The van der Waals surface area contributed by atoms with Crippen LogP contribution >= 0.6 is 11.3 Å². The van der Waals surface area contributed by atoms with Crippen LogP contribution in [0.2, 0.25) is 0 Å². The minimum atomic E-state index is -3.05. The van der Waals surface area contributed by atoms with Crippen LogP contribution in [0.15, 0.2) is 53.9 Å². The Morgan fingerprint density at radius 2 is 1.93 bits per heavy atom. The third-order valence-electron chi connectivity index (χ3n) is 3.69. The Hall–Kier alpha value is -3.40. The second-order valence-electron chi connectivity index (χ2n) is 5.91. The number of carbonyl (C=O) groups excluding carboxylic acids is 2. The molecule has 0 saturated carbocycles. The van der Waals surface area contributed by atoms with E-state index in [0.29, 0.717) is 16.3 Å². The van der Waals surface area contributed by atoms with Gasteiger partial charge in [0.25, 0.3) is 5.91 Å². The van der Waals surface area contributed by atoms with Crippen molar-refractivity contribution in [2.75, 3.05) is 11.9 Å². The molecule has 0 radical (unpaired) electrons. The maximum Gasteiger partial charge on any atom is 0.387 e. The highest BCUT2D eigenvalue weighted by molar-refractivity contribution is 7.13. The lowest BCUT2D eigenvalue weighted by atomic mass is 10.2. The lowest BCUT2D eigenvalue weighted by Crippen LogP contribution is -2.22. The number of ether oxygens (including phenoxy) is 2. The Bertz CT molecular complexity index is 1040. The van der Waals surface area contributed by atoms with E-state index in [0.717, 1.165) is 0 Å². The molecule has 0 aliphatic rings. The molecule has 0 bridgehead atoms. The Kier molecular flexibility index (Phi) is 7.02. The summed E-state index contributed by atoms with van der Waals surface area (Å²) >= 11 is 1.25. The lowest BCUT2D eigenvalue weighted by molar-refractivity contribution is -0.146. The van der Waals surface area contributed by atoms with E-state index < -0.39 is 30.9 Å². The van der Waals surface area contributed by atoms with Gasteiger partial charge < -0.3 is 14.8 Å². The summed E-state index contributed by atoms with van der Waals surface area (Å²) in [4.78, 5) is 28.2. The van der Waals surface area contributed by atoms with E-state index >= 15 is 0 Å². The average Bonchev–Trinajstić information content (AvgIpc) is 3.16. The quantitative estimate of drug-likeness (QED) is 0.534. The molecular weight excluding hydrogens is 421 g/mol. The van der Waals surface area contributed by atoms with Gasteiger partial charge in [-0.2, -0.15) is 8.78 Å². The van der Waals surface area contributed by atoms with Crippen molar-refractivity contribution in [3.05, 3.63) is 65.4 Å². The number of anilines is 1. The molecule has 0 fully saturated rings. The van der Waals surface area contributed by atoms with Gasteiger partial charge in [0.05, 0.1) is 17.8 Å². The number of amides is 1. The van der Waals surface area contributed by atoms with Gasteiger partial charge in [0.2, 0.25) is 0 Å². The first-order valence-corrected chi connectivity index (χ1v) is 9.48. The van der Waals surface area contributed by atoms with Crippen molar-refractivity contribution in [3.63, 3.8) is 0 Å². The number of benzene rings is 2. The standard InChI is InChI=1S/C20H15F3N2O4S/c21-13-5-3-4-12(8-13)19-24-14(11-30-19)9-18(27)28-10-17(26)25-15-6-1-2-7-16(15)29-20(22)23/h1-8,11,20H,9-10H2,(H,25,26). The van der Waals surface area contributed by atoms with Crippen LogP contribution in [0, 0.1) is 5.82 Å². The van der Waals surface area contributed by atoms with Gasteiger partial charge in [-0.3, -0.25) is 9.59 Å². The fourth-order valence-electron chi connectivity index (χ4n) is 2.44. The van der Waals surface area contributed by atoms with Crippen LogP contribution in [-0.4, -0.2) is 30.1 Å². The molecule has 0 aliphatic carbocycles. The summed E-state index contributed by atoms with van der Waals surface area (Å²) in [5.41, 5.74) is 1.03. The van der Waals surface area contributed by atoms with Crippen molar-refractivity contribution in [2.24, 2.45) is 0 Å². The van der Waals surface area contributed by atoms with Gasteiger partial charge in [0.15, 0.2) is 6.61 Å². The van der Waals surface area contributed by atoms with Crippen molar-refractivity contribution in [2.45, 2.75) is 13.0 Å². The first-order chi connectivity index (χ1) is 14.4. The van der Waals surface area contributed by atoms with E-state index in [-0.39, 0.29) is 17.9 Å². The van der Waals surface area contributed by atoms with Crippen molar-refractivity contribution < 1.29 is 32.2 Å². The Labute approximate surface area is 173 Å². The number of nitrogens with zero attached hydrogens (tertiary/aromatic N) is 1. The molecule has 156 valence electrons. The molecule has 0 unspecified atom stereocenters. The topological polar surface area (TPSA) is 77.5 Å². The van der Waals surface area contributed by atoms with Crippen molar-refractivity contribution in [1.29, 1.82) is 0 Å². The Balaban J connectivity index is 1.51. The number of esters is 1. The van der Waals surface area contributed by atoms with Crippen LogP contribution in [-0.2, 0) is 20.7 Å². The minimum Gasteiger partial charge on any atom is -0.455 e. The van der Waals surface area contributed by atoms with Crippen LogP contribution in [0.4, 0.5) is 18.9 Å². The number of hydrogen-bond acceptors (Lipinski definition) is 6. The molecule has 1 heterocycles. The van der Waals surface area contributed by atoms with Crippen LogP contribution in [0.3, 0.4) is 0 Å². The molecule has 3 aromatic rings. The van der Waals surface area contributed by atoms with Gasteiger partial charge in [-0.05, 0) is 24.3 Å². The molecule has 1 amide bonds. The molecule has 10 heteroatoms. The van der Waals surface area contributed by atoms with E-state index in [1.807, 2.05) is 0 Å². The van der Waals surface area contributed by atoms with E-state index in [9.17, 15) is 22.8 Å². The van der Waals surface area contributed by atoms with E-state index in [1.54, 1.807) is 17.5 Å². The number of thiazole rings is 1. The number of halogens is 3. The average molecular weight is 436 g/mol. The van der Waals surface area contributed by atoms with Crippen LogP contribution in [0.1, 0.15) is 5.69 Å². The lowest BCUT2D eigenvalue weighted by Gasteiger charge is -2.11. The molecule has 1 N–H and O–H groups in total. The highest BCUT2D eigenvalue weighted by Gasteiger charge is 2.15. The first-order valence-electron chi connectivity index (χ1n) is 8.60. The molecule has 6 nitrogen and oxygen atoms in total. The third-order valence-corrected chi connectivity index (χ3v) is 4.63. The van der Waals surface area contributed by atoms with Gasteiger partial charge in [0, 0.05) is 10.9 Å². The predicted octanol–water partition coefficient (Wildman–Crippen LogP) is 4.28. The van der Waals surface area contributed by atoms with Crippen molar-refractivity contribution in [3.8, 4) is 16.3 Å². The van der Waals surface area contributed by atoms with Crippen LogP contribution in [0.25, 0.3) is 10.6 Å². The molecular formula is C20H15F3N2O4S. The number of aromatic nitrogens is 1. The molecule has 2 aromatic carbocycles. The number of rotatable bonds is 8. The fraction of sp³-hybridized carbons (Fsp3) is 0.150. The second kappa shape index (κ2) is 9.88. The van der Waals surface area contributed by atoms with E-state index in [4.69, 9.17) is 4.74 Å². The molecule has 0 aliphatic heterocycles. The molecule has 3 rings (SSSR count). The van der Waals surface area contributed by atoms with Gasteiger partial charge in [-0.25, -0.2) is 9.37 Å². The minimum absolute atomic E-state index is 0.0260. The summed E-state index contributed by atoms with van der Waals surface area (Å²) in [6.07, 6.45) is -0.176. The number of hydrogen-bond donors (Lipinski definition) is 1. The normalized spacial score (nSPS) is 10.7. The Morgan fingerprint density at radius 1 is 1.13 bits per heavy atom. The molecule has 0 atom stereocenters. The summed E-state index contributed by atoms with van der Waals surface area (Å²) in [5, 5.41) is 4.53. The fourth-order valence-corrected chi connectivity index (χ4v) is 3.26. The molecule has 1 aromatic heterocycles. The number of alkyl halides is 2. The maximum absolute atomic E-state index is 13.3. The maximum atomic E-state index is 13.3. The SMILES string of the molecule is O=C(COC(=O)Cc1csc(-c2cccc(F)c2)n1)Nc1ccccc1OC(F)F. The predicted molar refractivity (Wildman–Crippen MR) is 104 cm³/mol. The number of para-hydroxylation sites is 2. The number of carbonyl (C=O) groups is 2. The van der Waals surface area contributed by atoms with Crippen molar-refractivity contribution >= 4 is 28.9 Å². The van der Waals surface area contributed by atoms with Crippen LogP contribution in [0.5, 0.6) is 5.75 Å². The zero-order chi connectivity index (χ0) is 21.5. The van der Waals surface area contributed by atoms with E-state index in [1.165, 1.54) is 47.7 Å². The largest absolute Gasteiger partial charge is 0.455 e. The first kappa shape index (κ1) is 21.3.